The summed E-state index contributed by atoms with van der Waals surface area (Å²) in [6.45, 7) is 0. The number of halogens is 1. The van der Waals surface area contributed by atoms with Gasteiger partial charge in [0.05, 0.1) is 27.3 Å². The zero-order valence-electron chi connectivity index (χ0n) is 16.4. The van der Waals surface area contributed by atoms with Gasteiger partial charge >= 0.3 is 5.97 Å². The molecule has 9 heteroatoms. The molecule has 158 valence electrons. The first-order valence-electron chi connectivity index (χ1n) is 9.49. The predicted molar refractivity (Wildman–Crippen MR) is 124 cm³/mol. The van der Waals surface area contributed by atoms with E-state index in [2.05, 4.69) is 4.98 Å². The first-order chi connectivity index (χ1) is 15.4. The lowest BCUT2D eigenvalue weighted by atomic mass is 10.1. The van der Waals surface area contributed by atoms with Gasteiger partial charge in [-0.15, -0.1) is 11.3 Å². The molecule has 32 heavy (non-hydrogen) atoms. The third-order valence-corrected chi connectivity index (χ3v) is 6.51. The highest BCUT2D eigenvalue weighted by molar-refractivity contribution is 7.20. The monoisotopic (exact) mass is 462 g/mol. The highest BCUT2D eigenvalue weighted by Crippen LogP contribution is 2.39. The second-order valence-electron chi connectivity index (χ2n) is 7.08. The van der Waals surface area contributed by atoms with E-state index < -0.39 is 11.9 Å². The van der Waals surface area contributed by atoms with Crippen LogP contribution < -0.4 is 5.73 Å². The molecule has 5 aromatic rings. The Labute approximate surface area is 190 Å². The van der Waals surface area contributed by atoms with Crippen molar-refractivity contribution in [3.05, 3.63) is 88.8 Å². The van der Waals surface area contributed by atoms with Crippen LogP contribution in [0.2, 0.25) is 5.02 Å². The fourth-order valence-electron chi connectivity index (χ4n) is 3.63. The molecule has 0 bridgehead atoms. The SMILES string of the molecule is NC(=O)c1ccc(-n2c(-c3ccc(-n4ccnc4)cc3Cl)cc3sc(C(=O)O)cc32)cc1. The number of carbonyl (C=O) groups excluding carboxylic acids is 1. The molecule has 0 aliphatic heterocycles. The minimum absolute atomic E-state index is 0.241. The molecule has 0 aliphatic rings. The zero-order valence-corrected chi connectivity index (χ0v) is 18.0. The first kappa shape index (κ1) is 20.0. The number of benzene rings is 2. The van der Waals surface area contributed by atoms with Crippen LogP contribution in [-0.4, -0.2) is 31.1 Å². The molecule has 3 aromatic heterocycles. The second kappa shape index (κ2) is 7.67. The lowest BCUT2D eigenvalue weighted by Gasteiger charge is -2.13. The van der Waals surface area contributed by atoms with Crippen molar-refractivity contribution < 1.29 is 14.7 Å². The molecule has 0 saturated carbocycles. The Morgan fingerprint density at radius 2 is 1.78 bits per heavy atom. The van der Waals surface area contributed by atoms with Crippen LogP contribution in [0.15, 0.2) is 73.3 Å². The fourth-order valence-corrected chi connectivity index (χ4v) is 4.82. The van der Waals surface area contributed by atoms with Crippen molar-refractivity contribution in [3.63, 3.8) is 0 Å². The molecule has 0 aliphatic carbocycles. The summed E-state index contributed by atoms with van der Waals surface area (Å²) in [7, 11) is 0. The van der Waals surface area contributed by atoms with Gasteiger partial charge in [0, 0.05) is 34.9 Å². The number of hydrogen-bond acceptors (Lipinski definition) is 4. The van der Waals surface area contributed by atoms with E-state index in [4.69, 9.17) is 17.3 Å². The summed E-state index contributed by atoms with van der Waals surface area (Å²) in [4.78, 5) is 27.3. The van der Waals surface area contributed by atoms with E-state index in [9.17, 15) is 14.7 Å². The van der Waals surface area contributed by atoms with Gasteiger partial charge in [0.15, 0.2) is 0 Å². The molecule has 1 amide bonds. The van der Waals surface area contributed by atoms with E-state index in [1.807, 2.05) is 39.6 Å². The molecule has 0 unspecified atom stereocenters. The number of aromatic carboxylic acids is 1. The highest BCUT2D eigenvalue weighted by Gasteiger charge is 2.19. The molecule has 0 spiro atoms. The van der Waals surface area contributed by atoms with E-state index in [-0.39, 0.29) is 4.88 Å². The maximum Gasteiger partial charge on any atom is 0.345 e. The van der Waals surface area contributed by atoms with E-state index in [0.29, 0.717) is 10.6 Å². The maximum atomic E-state index is 11.5. The van der Waals surface area contributed by atoms with Crippen molar-refractivity contribution in [2.45, 2.75) is 0 Å². The number of carboxylic acid groups (broad SMARTS) is 1. The van der Waals surface area contributed by atoms with E-state index in [0.717, 1.165) is 32.8 Å². The van der Waals surface area contributed by atoms with Crippen LogP contribution in [0.4, 0.5) is 0 Å². The van der Waals surface area contributed by atoms with Crippen LogP contribution in [0.25, 0.3) is 32.8 Å². The number of carbonyl (C=O) groups is 2. The quantitative estimate of drug-likeness (QED) is 0.383. The Morgan fingerprint density at radius 1 is 1.03 bits per heavy atom. The summed E-state index contributed by atoms with van der Waals surface area (Å²) in [6, 6.07) is 16.1. The third kappa shape index (κ3) is 3.35. The van der Waals surface area contributed by atoms with Crippen molar-refractivity contribution >= 4 is 45.0 Å². The Morgan fingerprint density at radius 3 is 2.41 bits per heavy atom. The Hall–Kier alpha value is -3.88. The molecular weight excluding hydrogens is 448 g/mol. The number of primary amides is 1. The van der Waals surface area contributed by atoms with Crippen molar-refractivity contribution in [2.75, 3.05) is 0 Å². The van der Waals surface area contributed by atoms with Crippen LogP contribution in [0.1, 0.15) is 20.0 Å². The number of rotatable bonds is 5. The van der Waals surface area contributed by atoms with Gasteiger partial charge in [0.25, 0.3) is 0 Å². The van der Waals surface area contributed by atoms with Crippen LogP contribution in [0, 0.1) is 0 Å². The number of hydrogen-bond donors (Lipinski definition) is 2. The molecule has 3 heterocycles. The molecular formula is C23H15ClN4O3S. The van der Waals surface area contributed by atoms with Crippen LogP contribution in [-0.2, 0) is 0 Å². The topological polar surface area (TPSA) is 103 Å². The Balaban J connectivity index is 1.71. The van der Waals surface area contributed by atoms with Gasteiger partial charge in [-0.3, -0.25) is 4.79 Å². The van der Waals surface area contributed by atoms with Crippen molar-refractivity contribution in [1.82, 2.24) is 14.1 Å². The van der Waals surface area contributed by atoms with Gasteiger partial charge in [0.1, 0.15) is 4.88 Å². The summed E-state index contributed by atoms with van der Waals surface area (Å²) in [5.74, 6) is -1.50. The molecule has 0 radical (unpaired) electrons. The maximum absolute atomic E-state index is 11.5. The number of fused-ring (bicyclic) bond motifs is 1. The summed E-state index contributed by atoms with van der Waals surface area (Å²) in [6.07, 6.45) is 5.21. The van der Waals surface area contributed by atoms with E-state index in [1.165, 1.54) is 11.3 Å². The summed E-state index contributed by atoms with van der Waals surface area (Å²) >= 11 is 7.88. The van der Waals surface area contributed by atoms with Gasteiger partial charge < -0.3 is 20.0 Å². The van der Waals surface area contributed by atoms with Gasteiger partial charge in [0.2, 0.25) is 5.91 Å². The van der Waals surface area contributed by atoms with Gasteiger partial charge in [-0.25, -0.2) is 9.78 Å². The molecule has 0 fully saturated rings. The number of amides is 1. The van der Waals surface area contributed by atoms with Crippen LogP contribution in [0.3, 0.4) is 0 Å². The smallest absolute Gasteiger partial charge is 0.345 e. The number of nitrogens with zero attached hydrogens (tertiary/aromatic N) is 3. The minimum atomic E-state index is -0.980. The Bertz CT molecular complexity index is 1480. The number of imidazole rings is 1. The summed E-state index contributed by atoms with van der Waals surface area (Å²) < 4.78 is 4.60. The molecule has 2 aromatic carbocycles. The number of aromatic nitrogens is 3. The van der Waals surface area contributed by atoms with Crippen LogP contribution in [0.5, 0.6) is 0 Å². The van der Waals surface area contributed by atoms with Gasteiger partial charge in [-0.05, 0) is 54.6 Å². The minimum Gasteiger partial charge on any atom is -0.477 e. The normalized spacial score (nSPS) is 11.2. The number of carboxylic acids is 1. The van der Waals surface area contributed by atoms with Crippen molar-refractivity contribution in [2.24, 2.45) is 5.73 Å². The second-order valence-corrected chi connectivity index (χ2v) is 8.57. The standard InChI is InChI=1S/C23H15ClN4O3S/c24-17-9-15(27-8-7-26-12-27)5-6-16(17)18-10-20-19(11-21(32-20)23(30)31)28(18)14-3-1-13(2-4-14)22(25)29/h1-12H,(H2,25,29)(H,30,31). The lowest BCUT2D eigenvalue weighted by Crippen LogP contribution is -2.10. The Kier molecular flexibility index (Phi) is 4.80. The van der Waals surface area contributed by atoms with Crippen LogP contribution >= 0.6 is 22.9 Å². The number of nitrogens with two attached hydrogens (primary N) is 1. The summed E-state index contributed by atoms with van der Waals surface area (Å²) in [5.41, 5.74) is 9.71. The zero-order chi connectivity index (χ0) is 22.4. The molecule has 0 saturated heterocycles. The highest BCUT2D eigenvalue weighted by atomic mass is 35.5. The predicted octanol–water partition coefficient (Wildman–Crippen LogP) is 5.00. The number of thiophene rings is 1. The molecule has 3 N–H and O–H groups in total. The molecule has 5 rings (SSSR count). The van der Waals surface area contributed by atoms with E-state index >= 15 is 0 Å². The molecule has 7 nitrogen and oxygen atoms in total. The first-order valence-corrected chi connectivity index (χ1v) is 10.7. The molecule has 0 atom stereocenters. The fraction of sp³-hybridized carbons (Fsp3) is 0. The van der Waals surface area contributed by atoms with Crippen molar-refractivity contribution in [1.29, 1.82) is 0 Å². The van der Waals surface area contributed by atoms with Crippen molar-refractivity contribution in [3.8, 4) is 22.6 Å². The largest absolute Gasteiger partial charge is 0.477 e. The van der Waals surface area contributed by atoms with E-state index in [1.54, 1.807) is 42.9 Å². The average molecular weight is 463 g/mol. The lowest BCUT2D eigenvalue weighted by molar-refractivity contribution is 0.0702. The van der Waals surface area contributed by atoms with Gasteiger partial charge in [-0.1, -0.05) is 11.6 Å². The third-order valence-electron chi connectivity index (χ3n) is 5.14. The summed E-state index contributed by atoms with van der Waals surface area (Å²) in [5, 5.41) is 9.97. The van der Waals surface area contributed by atoms with Gasteiger partial charge in [-0.2, -0.15) is 0 Å². The average Bonchev–Trinajstić information content (AvgIpc) is 3.50.